The summed E-state index contributed by atoms with van der Waals surface area (Å²) in [7, 11) is 0. The van der Waals surface area contributed by atoms with Crippen LogP contribution in [-0.2, 0) is 14.9 Å². The predicted octanol–water partition coefficient (Wildman–Crippen LogP) is -0.135. The van der Waals surface area contributed by atoms with E-state index in [4.69, 9.17) is 20.3 Å². The van der Waals surface area contributed by atoms with Crippen LogP contribution in [0.2, 0.25) is 0 Å². The number of aromatic nitrogens is 1. The van der Waals surface area contributed by atoms with Crippen molar-refractivity contribution in [3.8, 4) is 0 Å². The lowest BCUT2D eigenvalue weighted by Gasteiger charge is -2.35. The molecule has 1 amide bonds. The summed E-state index contributed by atoms with van der Waals surface area (Å²) in [4.78, 5) is 15.1. The average molecular weight is 258 g/mol. The van der Waals surface area contributed by atoms with Crippen molar-refractivity contribution in [2.45, 2.75) is 18.6 Å². The Labute approximate surface area is 102 Å². The summed E-state index contributed by atoms with van der Waals surface area (Å²) in [5.74, 6) is -0.540. The van der Waals surface area contributed by atoms with E-state index in [1.54, 1.807) is 5.38 Å². The van der Waals surface area contributed by atoms with E-state index in [2.05, 4.69) is 4.98 Å². The number of primary amides is 1. The van der Waals surface area contributed by atoms with Crippen LogP contribution in [0.4, 0.5) is 0 Å². The van der Waals surface area contributed by atoms with Crippen LogP contribution in [0, 0.1) is 0 Å². The summed E-state index contributed by atoms with van der Waals surface area (Å²) >= 11 is 1.36. The minimum atomic E-state index is -0.571. The van der Waals surface area contributed by atoms with Crippen LogP contribution in [-0.4, -0.2) is 42.1 Å². The fourth-order valence-corrected chi connectivity index (χ4v) is 2.48. The van der Waals surface area contributed by atoms with Gasteiger partial charge in [0.15, 0.2) is 6.29 Å². The summed E-state index contributed by atoms with van der Waals surface area (Å²) in [6, 6.07) is 0. The number of rotatable bonds is 3. The Kier molecular flexibility index (Phi) is 3.43. The van der Waals surface area contributed by atoms with E-state index in [0.29, 0.717) is 13.2 Å². The minimum absolute atomic E-state index is 0.166. The highest BCUT2D eigenvalue weighted by Crippen LogP contribution is 2.31. The van der Waals surface area contributed by atoms with Gasteiger partial charge in [-0.05, 0) is 6.92 Å². The number of hydrogen-bond donors (Lipinski definition) is 2. The van der Waals surface area contributed by atoms with Crippen LogP contribution < -0.4 is 5.73 Å². The van der Waals surface area contributed by atoms with Crippen molar-refractivity contribution in [3.05, 3.63) is 16.1 Å². The van der Waals surface area contributed by atoms with Gasteiger partial charge in [-0.15, -0.1) is 11.3 Å². The second-order valence-electron chi connectivity index (χ2n) is 4.20. The third kappa shape index (κ3) is 2.47. The molecule has 1 fully saturated rings. The topological polar surface area (TPSA) is 94.7 Å². The van der Waals surface area contributed by atoms with Crippen molar-refractivity contribution in [1.82, 2.24) is 4.98 Å². The highest BCUT2D eigenvalue weighted by molar-refractivity contribution is 7.10. The molecule has 6 nitrogen and oxygen atoms in total. The Morgan fingerprint density at radius 2 is 2.35 bits per heavy atom. The Morgan fingerprint density at radius 1 is 1.71 bits per heavy atom. The fraction of sp³-hybridized carbons (Fsp3) is 0.600. The van der Waals surface area contributed by atoms with E-state index in [-0.39, 0.29) is 12.3 Å². The van der Waals surface area contributed by atoms with E-state index < -0.39 is 17.6 Å². The molecular formula is C10H14N2O4S. The zero-order chi connectivity index (χ0) is 12.5. The van der Waals surface area contributed by atoms with Crippen LogP contribution in [0.5, 0.6) is 0 Å². The second kappa shape index (κ2) is 4.69. The summed E-state index contributed by atoms with van der Waals surface area (Å²) in [6.45, 7) is 2.55. The molecule has 7 heteroatoms. The Bertz CT molecular complexity index is 412. The van der Waals surface area contributed by atoms with Gasteiger partial charge in [0.1, 0.15) is 10.7 Å². The van der Waals surface area contributed by atoms with Crippen molar-refractivity contribution >= 4 is 17.2 Å². The largest absolute Gasteiger partial charge is 0.391 e. The normalized spacial score (nSPS) is 29.2. The van der Waals surface area contributed by atoms with E-state index in [1.807, 2.05) is 6.92 Å². The van der Waals surface area contributed by atoms with Crippen molar-refractivity contribution in [2.24, 2.45) is 5.73 Å². The van der Waals surface area contributed by atoms with Crippen LogP contribution >= 0.6 is 11.3 Å². The van der Waals surface area contributed by atoms with Crippen molar-refractivity contribution in [1.29, 1.82) is 0 Å². The molecule has 0 aromatic carbocycles. The molecule has 0 saturated carbocycles. The van der Waals surface area contributed by atoms with Crippen LogP contribution in [0.25, 0.3) is 0 Å². The van der Waals surface area contributed by atoms with Crippen molar-refractivity contribution in [2.75, 3.05) is 19.8 Å². The molecule has 0 aliphatic carbocycles. The zero-order valence-electron chi connectivity index (χ0n) is 9.38. The summed E-state index contributed by atoms with van der Waals surface area (Å²) in [5.41, 5.74) is 5.01. The van der Waals surface area contributed by atoms with Crippen LogP contribution in [0.1, 0.15) is 22.4 Å². The number of hydrogen-bond acceptors (Lipinski definition) is 6. The first kappa shape index (κ1) is 12.4. The zero-order valence-corrected chi connectivity index (χ0v) is 10.2. The quantitative estimate of drug-likeness (QED) is 0.787. The lowest BCUT2D eigenvalue weighted by Crippen LogP contribution is -2.44. The maximum Gasteiger partial charge on any atom is 0.268 e. The van der Waals surface area contributed by atoms with Gasteiger partial charge in [-0.1, -0.05) is 0 Å². The Balaban J connectivity index is 2.13. The molecule has 1 aromatic rings. The first-order chi connectivity index (χ1) is 8.05. The van der Waals surface area contributed by atoms with Gasteiger partial charge >= 0.3 is 0 Å². The van der Waals surface area contributed by atoms with Gasteiger partial charge in [-0.2, -0.15) is 0 Å². The highest BCUT2D eigenvalue weighted by atomic mass is 32.1. The lowest BCUT2D eigenvalue weighted by molar-refractivity contribution is -0.220. The van der Waals surface area contributed by atoms with Gasteiger partial charge in [0, 0.05) is 5.38 Å². The van der Waals surface area contributed by atoms with Crippen molar-refractivity contribution in [3.63, 3.8) is 0 Å². The summed E-state index contributed by atoms with van der Waals surface area (Å²) in [5, 5.41) is 11.3. The van der Waals surface area contributed by atoms with Crippen LogP contribution in [0.15, 0.2) is 5.38 Å². The molecule has 1 aliphatic rings. The molecule has 0 spiro atoms. The molecule has 2 rings (SSSR count). The first-order valence-electron chi connectivity index (χ1n) is 5.15. The third-order valence-electron chi connectivity index (χ3n) is 2.60. The number of thiazole rings is 1. The van der Waals surface area contributed by atoms with Gasteiger partial charge in [-0.25, -0.2) is 4.98 Å². The molecule has 0 unspecified atom stereocenters. The van der Waals surface area contributed by atoms with Gasteiger partial charge < -0.3 is 20.3 Å². The van der Waals surface area contributed by atoms with E-state index in [9.17, 15) is 4.79 Å². The summed E-state index contributed by atoms with van der Waals surface area (Å²) in [6.07, 6.45) is -0.571. The number of aliphatic hydroxyl groups is 1. The number of aliphatic hydroxyl groups excluding tert-OH is 1. The monoisotopic (exact) mass is 258 g/mol. The minimum Gasteiger partial charge on any atom is -0.391 e. The number of amides is 1. The van der Waals surface area contributed by atoms with Gasteiger partial charge in [0.2, 0.25) is 0 Å². The maximum absolute atomic E-state index is 11.0. The Morgan fingerprint density at radius 3 is 2.82 bits per heavy atom. The smallest absolute Gasteiger partial charge is 0.268 e. The average Bonchev–Trinajstić information content (AvgIpc) is 2.80. The molecular weight excluding hydrogens is 244 g/mol. The molecule has 1 aromatic heterocycles. The first-order valence-corrected chi connectivity index (χ1v) is 6.03. The van der Waals surface area contributed by atoms with Crippen LogP contribution in [0.3, 0.4) is 0 Å². The number of nitrogens with two attached hydrogens (primary N) is 1. The lowest BCUT2D eigenvalue weighted by atomic mass is 9.93. The number of carbonyl (C=O) groups excluding carboxylic acids is 1. The molecule has 0 radical (unpaired) electrons. The Hall–Kier alpha value is -1.02. The molecule has 94 valence electrons. The second-order valence-corrected chi connectivity index (χ2v) is 5.06. The molecule has 2 heterocycles. The maximum atomic E-state index is 11.0. The molecule has 0 atom stereocenters. The van der Waals surface area contributed by atoms with E-state index in [1.165, 1.54) is 11.3 Å². The number of nitrogens with zero attached hydrogens (tertiary/aromatic N) is 1. The highest BCUT2D eigenvalue weighted by Gasteiger charge is 2.36. The van der Waals surface area contributed by atoms with E-state index in [0.717, 1.165) is 5.01 Å². The third-order valence-corrected chi connectivity index (χ3v) is 3.75. The van der Waals surface area contributed by atoms with Gasteiger partial charge in [0.25, 0.3) is 5.91 Å². The SMILES string of the molecule is CC1(c2nc(C(N)=O)cs2)COC(CO)OC1. The predicted molar refractivity (Wildman–Crippen MR) is 60.8 cm³/mol. The molecule has 1 saturated heterocycles. The van der Waals surface area contributed by atoms with Gasteiger partial charge in [-0.3, -0.25) is 4.79 Å². The summed E-state index contributed by atoms with van der Waals surface area (Å²) < 4.78 is 10.7. The molecule has 1 aliphatic heterocycles. The molecule has 0 bridgehead atoms. The van der Waals surface area contributed by atoms with Gasteiger partial charge in [0.05, 0.1) is 25.2 Å². The fourth-order valence-electron chi connectivity index (χ4n) is 1.54. The number of ether oxygens (including phenoxy) is 2. The molecule has 17 heavy (non-hydrogen) atoms. The number of carbonyl (C=O) groups is 1. The molecule has 3 N–H and O–H groups in total. The standard InChI is InChI=1S/C10H14N2O4S/c1-10(4-15-7(2-13)16-5-10)9-12-6(3-17-9)8(11)14/h3,7,13H,2,4-5H2,1H3,(H2,11,14). The van der Waals surface area contributed by atoms with E-state index >= 15 is 0 Å². The van der Waals surface area contributed by atoms with Crippen molar-refractivity contribution < 1.29 is 19.4 Å².